The lowest BCUT2D eigenvalue weighted by Gasteiger charge is -2.20. The molecule has 0 unspecified atom stereocenters. The van der Waals surface area contributed by atoms with E-state index in [9.17, 15) is 0 Å². The second-order valence-electron chi connectivity index (χ2n) is 3.14. The number of ether oxygens (including phenoxy) is 2. The van der Waals surface area contributed by atoms with Crippen molar-refractivity contribution in [2.45, 2.75) is 17.9 Å². The Balaban J connectivity index is 2.26. The molecule has 0 aromatic carbocycles. The Morgan fingerprint density at radius 2 is 2.43 bits per heavy atom. The van der Waals surface area contributed by atoms with Crippen LogP contribution in [0.1, 0.15) is 18.2 Å². The summed E-state index contributed by atoms with van der Waals surface area (Å²) in [5.41, 5.74) is -0.572. The van der Waals surface area contributed by atoms with Crippen LogP contribution in [-0.2, 0) is 21.0 Å². The predicted molar refractivity (Wildman–Crippen MR) is 48.0 cm³/mol. The van der Waals surface area contributed by atoms with Crippen molar-refractivity contribution in [1.29, 1.82) is 0 Å². The smallest absolute Gasteiger partial charge is 0.250 e. The highest BCUT2D eigenvalue weighted by Crippen LogP contribution is 2.32. The lowest BCUT2D eigenvalue weighted by molar-refractivity contribution is -0.0415. The number of halogens is 1. The molecule has 6 heteroatoms. The van der Waals surface area contributed by atoms with Gasteiger partial charge in [0.05, 0.1) is 13.2 Å². The fourth-order valence-corrected chi connectivity index (χ4v) is 1.56. The molecule has 1 aliphatic rings. The van der Waals surface area contributed by atoms with Crippen molar-refractivity contribution in [3.8, 4) is 0 Å². The molecular weight excluding hydrogens is 208 g/mol. The molecule has 2 rings (SSSR count). The molecule has 0 spiro atoms. The van der Waals surface area contributed by atoms with Crippen LogP contribution in [0.2, 0.25) is 0 Å². The highest BCUT2D eigenvalue weighted by atomic mass is 35.5. The Hall–Kier alpha value is -0.650. The van der Waals surface area contributed by atoms with Crippen molar-refractivity contribution in [1.82, 2.24) is 10.2 Å². The second kappa shape index (κ2) is 3.84. The van der Waals surface area contributed by atoms with Crippen LogP contribution >= 0.6 is 11.6 Å². The first-order chi connectivity index (χ1) is 6.80. The SMILES string of the molecule is CO[C@@]1(c2nnc(CCl)o2)CCOC1. The first-order valence-electron chi connectivity index (χ1n) is 4.32. The van der Waals surface area contributed by atoms with Crippen molar-refractivity contribution < 1.29 is 13.9 Å². The molecule has 0 aliphatic carbocycles. The van der Waals surface area contributed by atoms with E-state index in [1.54, 1.807) is 7.11 Å². The van der Waals surface area contributed by atoms with E-state index in [0.29, 0.717) is 25.0 Å². The number of hydrogen-bond donors (Lipinski definition) is 0. The van der Waals surface area contributed by atoms with Gasteiger partial charge in [-0.25, -0.2) is 0 Å². The lowest BCUT2D eigenvalue weighted by atomic mass is 10.0. The van der Waals surface area contributed by atoms with Gasteiger partial charge in [0.1, 0.15) is 5.88 Å². The van der Waals surface area contributed by atoms with E-state index < -0.39 is 5.60 Å². The molecule has 1 aromatic heterocycles. The van der Waals surface area contributed by atoms with Crippen LogP contribution in [0.5, 0.6) is 0 Å². The Bertz CT molecular complexity index is 309. The first-order valence-corrected chi connectivity index (χ1v) is 4.86. The molecule has 14 heavy (non-hydrogen) atoms. The minimum atomic E-state index is -0.572. The largest absolute Gasteiger partial charge is 0.421 e. The molecule has 1 atom stereocenters. The van der Waals surface area contributed by atoms with Crippen LogP contribution < -0.4 is 0 Å². The van der Waals surface area contributed by atoms with E-state index in [1.165, 1.54) is 0 Å². The van der Waals surface area contributed by atoms with Gasteiger partial charge in [0, 0.05) is 13.5 Å². The highest BCUT2D eigenvalue weighted by molar-refractivity contribution is 6.16. The van der Waals surface area contributed by atoms with Crippen LogP contribution in [0.4, 0.5) is 0 Å². The Kier molecular flexibility index (Phi) is 2.71. The zero-order valence-electron chi connectivity index (χ0n) is 7.83. The number of rotatable bonds is 3. The summed E-state index contributed by atoms with van der Waals surface area (Å²) in [6, 6.07) is 0. The fourth-order valence-electron chi connectivity index (χ4n) is 1.45. The maximum absolute atomic E-state index is 5.57. The maximum Gasteiger partial charge on any atom is 0.250 e. The van der Waals surface area contributed by atoms with Crippen LogP contribution in [0, 0.1) is 0 Å². The third kappa shape index (κ3) is 1.51. The molecule has 0 saturated carbocycles. The van der Waals surface area contributed by atoms with Crippen molar-refractivity contribution in [2.75, 3.05) is 20.3 Å². The van der Waals surface area contributed by atoms with E-state index in [2.05, 4.69) is 10.2 Å². The molecule has 5 nitrogen and oxygen atoms in total. The zero-order valence-corrected chi connectivity index (χ0v) is 8.58. The highest BCUT2D eigenvalue weighted by Gasteiger charge is 2.42. The van der Waals surface area contributed by atoms with Gasteiger partial charge in [0.2, 0.25) is 5.89 Å². The predicted octanol–water partition coefficient (Wildman–Crippen LogP) is 1.07. The normalized spacial score (nSPS) is 27.0. The summed E-state index contributed by atoms with van der Waals surface area (Å²) < 4.78 is 16.0. The second-order valence-corrected chi connectivity index (χ2v) is 3.40. The van der Waals surface area contributed by atoms with Crippen molar-refractivity contribution >= 4 is 11.6 Å². The van der Waals surface area contributed by atoms with Gasteiger partial charge in [-0.05, 0) is 0 Å². The van der Waals surface area contributed by atoms with Crippen LogP contribution in [0.3, 0.4) is 0 Å². The summed E-state index contributed by atoms with van der Waals surface area (Å²) in [5, 5.41) is 7.69. The minimum Gasteiger partial charge on any atom is -0.421 e. The Morgan fingerprint density at radius 3 is 2.93 bits per heavy atom. The molecule has 1 aliphatic heterocycles. The van der Waals surface area contributed by atoms with Crippen molar-refractivity contribution in [3.63, 3.8) is 0 Å². The summed E-state index contributed by atoms with van der Waals surface area (Å²) in [5.74, 6) is 1.08. The molecule has 78 valence electrons. The summed E-state index contributed by atoms with van der Waals surface area (Å²) in [6.45, 7) is 1.10. The molecule has 1 saturated heterocycles. The third-order valence-corrected chi connectivity index (χ3v) is 2.58. The lowest BCUT2D eigenvalue weighted by Crippen LogP contribution is -2.29. The van der Waals surface area contributed by atoms with Crippen LogP contribution in [0.15, 0.2) is 4.42 Å². The topological polar surface area (TPSA) is 57.4 Å². The number of hydrogen-bond acceptors (Lipinski definition) is 5. The van der Waals surface area contributed by atoms with Gasteiger partial charge < -0.3 is 13.9 Å². The molecular formula is C8H11ClN2O3. The summed E-state index contributed by atoms with van der Waals surface area (Å²) in [6.07, 6.45) is 0.730. The van der Waals surface area contributed by atoms with Crippen LogP contribution in [0.25, 0.3) is 0 Å². The van der Waals surface area contributed by atoms with E-state index in [1.807, 2.05) is 0 Å². The molecule has 1 fully saturated rings. The van der Waals surface area contributed by atoms with Gasteiger partial charge in [0.15, 0.2) is 5.60 Å². The molecule has 0 radical (unpaired) electrons. The van der Waals surface area contributed by atoms with Gasteiger partial charge in [-0.15, -0.1) is 21.8 Å². The Labute approximate surface area is 86.3 Å². The molecule has 1 aromatic rings. The number of methoxy groups -OCH3 is 1. The zero-order chi connectivity index (χ0) is 10.0. The van der Waals surface area contributed by atoms with Crippen LogP contribution in [-0.4, -0.2) is 30.5 Å². The van der Waals surface area contributed by atoms with Crippen molar-refractivity contribution in [3.05, 3.63) is 11.8 Å². The van der Waals surface area contributed by atoms with E-state index in [-0.39, 0.29) is 5.88 Å². The maximum atomic E-state index is 5.57. The number of aromatic nitrogens is 2. The summed E-state index contributed by atoms with van der Waals surface area (Å²) >= 11 is 5.57. The van der Waals surface area contributed by atoms with E-state index >= 15 is 0 Å². The van der Waals surface area contributed by atoms with E-state index in [4.69, 9.17) is 25.5 Å². The molecule has 0 amide bonds. The standard InChI is InChI=1S/C8H11ClN2O3/c1-12-8(2-3-13-5-8)7-11-10-6(4-9)14-7/h2-5H2,1H3/t8-/m0/s1. The first kappa shape index (κ1) is 9.89. The van der Waals surface area contributed by atoms with Gasteiger partial charge >= 0.3 is 0 Å². The minimum absolute atomic E-state index is 0.216. The monoisotopic (exact) mass is 218 g/mol. The third-order valence-electron chi connectivity index (χ3n) is 2.35. The van der Waals surface area contributed by atoms with Gasteiger partial charge in [0.25, 0.3) is 5.89 Å². The van der Waals surface area contributed by atoms with Gasteiger partial charge in [-0.1, -0.05) is 0 Å². The van der Waals surface area contributed by atoms with E-state index in [0.717, 1.165) is 6.42 Å². The number of alkyl halides is 1. The fraction of sp³-hybridized carbons (Fsp3) is 0.750. The molecule has 0 bridgehead atoms. The molecule has 0 N–H and O–H groups in total. The summed E-state index contributed by atoms with van der Waals surface area (Å²) in [7, 11) is 1.61. The number of nitrogens with zero attached hydrogens (tertiary/aromatic N) is 2. The average Bonchev–Trinajstić information content (AvgIpc) is 2.87. The summed E-state index contributed by atoms with van der Waals surface area (Å²) in [4.78, 5) is 0. The van der Waals surface area contributed by atoms with Crippen molar-refractivity contribution in [2.24, 2.45) is 0 Å². The average molecular weight is 219 g/mol. The van der Waals surface area contributed by atoms with Gasteiger partial charge in [-0.3, -0.25) is 0 Å². The van der Waals surface area contributed by atoms with Gasteiger partial charge in [-0.2, -0.15) is 0 Å². The quantitative estimate of drug-likeness (QED) is 0.711. The Morgan fingerprint density at radius 1 is 1.57 bits per heavy atom. The molecule has 2 heterocycles.